The minimum Gasteiger partial charge on any atom is -0.507 e. The third-order valence-electron chi connectivity index (χ3n) is 5.80. The Kier molecular flexibility index (Phi) is 4.09. The summed E-state index contributed by atoms with van der Waals surface area (Å²) < 4.78 is 5.59. The van der Waals surface area contributed by atoms with E-state index in [1.165, 1.54) is 32.4 Å². The van der Waals surface area contributed by atoms with Crippen molar-refractivity contribution in [1.82, 2.24) is 0 Å². The second-order valence-corrected chi connectivity index (χ2v) is 7.43. The van der Waals surface area contributed by atoms with E-state index in [4.69, 9.17) is 4.42 Å². The number of aromatic hydroxyl groups is 1. The van der Waals surface area contributed by atoms with Crippen molar-refractivity contribution in [2.45, 2.75) is 58.4 Å². The minimum atomic E-state index is -0.214. The number of fused-ring (bicyclic) bond motifs is 3. The summed E-state index contributed by atoms with van der Waals surface area (Å²) in [7, 11) is 0. The molecule has 0 saturated carbocycles. The van der Waals surface area contributed by atoms with Gasteiger partial charge in [-0.3, -0.25) is 0 Å². The Morgan fingerprint density at radius 1 is 1.08 bits per heavy atom. The molecule has 1 fully saturated rings. The third-order valence-corrected chi connectivity index (χ3v) is 5.80. The monoisotopic (exact) mass is 328 g/mol. The van der Waals surface area contributed by atoms with Gasteiger partial charge in [0.25, 0.3) is 0 Å². The van der Waals surface area contributed by atoms with E-state index in [1.807, 2.05) is 6.92 Å². The molecule has 0 spiro atoms. The van der Waals surface area contributed by atoms with Gasteiger partial charge < -0.3 is 14.4 Å². The van der Waals surface area contributed by atoms with E-state index in [1.54, 1.807) is 4.90 Å². The van der Waals surface area contributed by atoms with E-state index in [9.17, 15) is 9.90 Å². The lowest BCUT2D eigenvalue weighted by Crippen LogP contribution is -3.11. The highest BCUT2D eigenvalue weighted by Crippen LogP contribution is 2.34. The van der Waals surface area contributed by atoms with Gasteiger partial charge in [0.1, 0.15) is 17.9 Å². The number of hydrogen-bond donors (Lipinski definition) is 2. The summed E-state index contributed by atoms with van der Waals surface area (Å²) in [5, 5.41) is 11.7. The first-order chi connectivity index (χ1) is 11.6. The zero-order chi connectivity index (χ0) is 16.7. The number of quaternary nitrogens is 1. The Bertz CT molecular complexity index is 831. The molecule has 4 nitrogen and oxygen atoms in total. The molecular weight excluding hydrogens is 302 g/mol. The van der Waals surface area contributed by atoms with Crippen LogP contribution in [-0.4, -0.2) is 18.2 Å². The van der Waals surface area contributed by atoms with Gasteiger partial charge in [0, 0.05) is 22.1 Å². The van der Waals surface area contributed by atoms with Crippen LogP contribution in [0.3, 0.4) is 0 Å². The molecule has 0 atom stereocenters. The van der Waals surface area contributed by atoms with Gasteiger partial charge in [-0.25, -0.2) is 4.79 Å². The molecule has 1 aliphatic carbocycles. The molecular formula is C20H26NO3+. The molecule has 1 aromatic carbocycles. The number of rotatable bonds is 2. The van der Waals surface area contributed by atoms with Gasteiger partial charge >= 0.3 is 5.63 Å². The van der Waals surface area contributed by atoms with Crippen LogP contribution >= 0.6 is 0 Å². The molecule has 4 rings (SSSR count). The van der Waals surface area contributed by atoms with Gasteiger partial charge in [0.2, 0.25) is 0 Å². The lowest BCUT2D eigenvalue weighted by molar-refractivity contribution is -0.918. The zero-order valence-corrected chi connectivity index (χ0v) is 14.4. The van der Waals surface area contributed by atoms with Gasteiger partial charge in [0.05, 0.1) is 13.1 Å². The Labute approximate surface area is 142 Å². The zero-order valence-electron chi connectivity index (χ0n) is 14.4. The quantitative estimate of drug-likeness (QED) is 0.832. The Morgan fingerprint density at radius 2 is 1.79 bits per heavy atom. The van der Waals surface area contributed by atoms with E-state index >= 15 is 0 Å². The highest BCUT2D eigenvalue weighted by atomic mass is 16.4. The van der Waals surface area contributed by atoms with Crippen molar-refractivity contribution in [1.29, 1.82) is 0 Å². The largest absolute Gasteiger partial charge is 0.507 e. The van der Waals surface area contributed by atoms with Gasteiger partial charge in [-0.2, -0.15) is 0 Å². The average molecular weight is 328 g/mol. The summed E-state index contributed by atoms with van der Waals surface area (Å²) in [6, 6.07) is 2.09. The summed E-state index contributed by atoms with van der Waals surface area (Å²) in [5.74, 6) is 0.305. The maximum atomic E-state index is 12.3. The van der Waals surface area contributed by atoms with Gasteiger partial charge in [-0.1, -0.05) is 0 Å². The van der Waals surface area contributed by atoms with E-state index in [0.29, 0.717) is 16.9 Å². The molecule has 0 radical (unpaired) electrons. The van der Waals surface area contributed by atoms with Crippen molar-refractivity contribution in [3.63, 3.8) is 0 Å². The van der Waals surface area contributed by atoms with E-state index in [-0.39, 0.29) is 5.63 Å². The van der Waals surface area contributed by atoms with E-state index in [0.717, 1.165) is 54.3 Å². The van der Waals surface area contributed by atoms with Crippen LogP contribution < -0.4 is 10.5 Å². The highest BCUT2D eigenvalue weighted by molar-refractivity contribution is 5.87. The number of hydrogen-bond acceptors (Lipinski definition) is 3. The van der Waals surface area contributed by atoms with E-state index < -0.39 is 0 Å². The number of piperidine rings is 1. The Morgan fingerprint density at radius 3 is 2.54 bits per heavy atom. The molecule has 2 heterocycles. The van der Waals surface area contributed by atoms with Crippen molar-refractivity contribution in [3.05, 3.63) is 38.7 Å². The first-order valence-electron chi connectivity index (χ1n) is 9.28. The number of phenols is 1. The fourth-order valence-corrected chi connectivity index (χ4v) is 4.43. The van der Waals surface area contributed by atoms with Gasteiger partial charge in [0.15, 0.2) is 0 Å². The molecule has 1 aliphatic heterocycles. The highest BCUT2D eigenvalue weighted by Gasteiger charge is 2.23. The molecule has 128 valence electrons. The average Bonchev–Trinajstić information content (AvgIpc) is 2.62. The smallest absolute Gasteiger partial charge is 0.339 e. The van der Waals surface area contributed by atoms with E-state index in [2.05, 4.69) is 6.07 Å². The maximum Gasteiger partial charge on any atom is 0.339 e. The number of aryl methyl sites for hydroxylation is 2. The van der Waals surface area contributed by atoms with Crippen LogP contribution in [0.15, 0.2) is 15.3 Å². The second kappa shape index (κ2) is 6.25. The predicted molar refractivity (Wildman–Crippen MR) is 93.8 cm³/mol. The molecule has 2 aliphatic rings. The van der Waals surface area contributed by atoms with Crippen LogP contribution in [-0.2, 0) is 19.4 Å². The fourth-order valence-electron chi connectivity index (χ4n) is 4.43. The first-order valence-corrected chi connectivity index (χ1v) is 9.28. The van der Waals surface area contributed by atoms with Crippen LogP contribution in [0, 0.1) is 6.92 Å². The normalized spacial score (nSPS) is 18.7. The van der Waals surface area contributed by atoms with Crippen LogP contribution in [0.2, 0.25) is 0 Å². The fraction of sp³-hybridized carbons (Fsp3) is 0.550. The summed E-state index contributed by atoms with van der Waals surface area (Å²) >= 11 is 0. The molecule has 2 N–H and O–H groups in total. The molecule has 24 heavy (non-hydrogen) atoms. The molecule has 0 bridgehead atoms. The number of likely N-dealkylation sites (tertiary alicyclic amines) is 1. The van der Waals surface area contributed by atoms with Crippen LogP contribution in [0.5, 0.6) is 5.75 Å². The van der Waals surface area contributed by atoms with Crippen LogP contribution in [0.25, 0.3) is 11.0 Å². The second-order valence-electron chi connectivity index (χ2n) is 7.43. The molecule has 0 amide bonds. The van der Waals surface area contributed by atoms with Crippen molar-refractivity contribution in [2.75, 3.05) is 13.1 Å². The minimum absolute atomic E-state index is 0.214. The van der Waals surface area contributed by atoms with Gasteiger partial charge in [-0.15, -0.1) is 0 Å². The molecule has 1 saturated heterocycles. The number of nitrogens with one attached hydrogen (secondary N) is 1. The summed E-state index contributed by atoms with van der Waals surface area (Å²) in [4.78, 5) is 13.8. The number of benzene rings is 1. The maximum absolute atomic E-state index is 12.3. The standard InChI is InChI=1S/C20H25NO3/c1-13-18(22)14(12-21-9-5-2-6-10-21)11-17-15-7-3-4-8-16(15)20(23)24-19(13)17/h11,22H,2-10,12H2,1H3/p+1. The number of phenolic OH excluding ortho intramolecular Hbond substituents is 1. The van der Waals surface area contributed by atoms with Crippen molar-refractivity contribution < 1.29 is 14.4 Å². The van der Waals surface area contributed by atoms with Crippen molar-refractivity contribution >= 4 is 11.0 Å². The van der Waals surface area contributed by atoms with Crippen molar-refractivity contribution in [2.24, 2.45) is 0 Å². The molecule has 4 heteroatoms. The molecule has 1 aromatic heterocycles. The lowest BCUT2D eigenvalue weighted by atomic mass is 9.89. The summed E-state index contributed by atoms with van der Waals surface area (Å²) in [6.07, 6.45) is 7.81. The van der Waals surface area contributed by atoms with Crippen LogP contribution in [0.1, 0.15) is 54.4 Å². The SMILES string of the molecule is Cc1c(O)c(C[NH+]2CCCCC2)cc2c3c(c(=O)oc12)CCCC3. The summed E-state index contributed by atoms with van der Waals surface area (Å²) in [5.41, 5.74) is 4.09. The first kappa shape index (κ1) is 15.7. The topological polar surface area (TPSA) is 54.9 Å². The Hall–Kier alpha value is -1.81. The van der Waals surface area contributed by atoms with Crippen LogP contribution in [0.4, 0.5) is 0 Å². The lowest BCUT2D eigenvalue weighted by Gasteiger charge is -2.25. The predicted octanol–water partition coefficient (Wildman–Crippen LogP) is 2.25. The third kappa shape index (κ3) is 2.63. The molecule has 0 unspecified atom stereocenters. The Balaban J connectivity index is 1.84. The molecule has 2 aromatic rings. The summed E-state index contributed by atoms with van der Waals surface area (Å²) in [6.45, 7) is 5.08. The van der Waals surface area contributed by atoms with Crippen molar-refractivity contribution in [3.8, 4) is 5.75 Å². The van der Waals surface area contributed by atoms with Gasteiger partial charge in [-0.05, 0) is 63.5 Å².